The molecule has 0 atom stereocenters. The van der Waals surface area contributed by atoms with Crippen LogP contribution in [0.3, 0.4) is 0 Å². The van der Waals surface area contributed by atoms with Gasteiger partial charge in [-0.05, 0) is 48.9 Å². The quantitative estimate of drug-likeness (QED) is 0.610. The van der Waals surface area contributed by atoms with E-state index in [4.69, 9.17) is 33.1 Å². The number of hydrogen-bond donors (Lipinski definition) is 0. The fourth-order valence-corrected chi connectivity index (χ4v) is 3.47. The second-order valence-electron chi connectivity index (χ2n) is 4.16. The third-order valence-electron chi connectivity index (χ3n) is 2.61. The molecule has 0 heterocycles. The van der Waals surface area contributed by atoms with E-state index in [9.17, 15) is 0 Å². The molecule has 0 amide bonds. The molecular formula is C14H14O2PS2-. The zero-order valence-corrected chi connectivity index (χ0v) is 13.2. The van der Waals surface area contributed by atoms with Gasteiger partial charge in [-0.3, -0.25) is 0 Å². The van der Waals surface area contributed by atoms with Gasteiger partial charge in [0.2, 0.25) is 0 Å². The Morgan fingerprint density at radius 1 is 0.842 bits per heavy atom. The van der Waals surface area contributed by atoms with Crippen LogP contribution in [0.4, 0.5) is 0 Å². The zero-order valence-electron chi connectivity index (χ0n) is 10.7. The monoisotopic (exact) mass is 309 g/mol. The van der Waals surface area contributed by atoms with Crippen molar-refractivity contribution in [2.45, 2.75) is 13.8 Å². The summed E-state index contributed by atoms with van der Waals surface area (Å²) in [7, 11) is 0. The Balaban J connectivity index is 2.18. The lowest BCUT2D eigenvalue weighted by molar-refractivity contribution is 0.502. The summed E-state index contributed by atoms with van der Waals surface area (Å²) in [5, 5.41) is 0. The molecule has 0 aromatic heterocycles. The Morgan fingerprint density at radius 3 is 1.58 bits per heavy atom. The summed E-state index contributed by atoms with van der Waals surface area (Å²) in [6.07, 6.45) is 0. The first-order valence-corrected chi connectivity index (χ1v) is 9.44. The minimum Gasteiger partial charge on any atom is -0.665 e. The highest BCUT2D eigenvalue weighted by atomic mass is 32.9. The molecule has 19 heavy (non-hydrogen) atoms. The highest BCUT2D eigenvalue weighted by molar-refractivity contribution is 8.51. The molecule has 0 saturated heterocycles. The molecule has 2 rings (SSSR count). The van der Waals surface area contributed by atoms with E-state index in [1.54, 1.807) is 0 Å². The van der Waals surface area contributed by atoms with Crippen LogP contribution in [0.15, 0.2) is 48.5 Å². The molecule has 0 spiro atoms. The van der Waals surface area contributed by atoms with Crippen molar-refractivity contribution in [3.8, 4) is 11.5 Å². The first kappa shape index (κ1) is 14.4. The van der Waals surface area contributed by atoms with E-state index < -0.39 is 5.69 Å². The highest BCUT2D eigenvalue weighted by Gasteiger charge is 2.09. The lowest BCUT2D eigenvalue weighted by Gasteiger charge is -2.30. The van der Waals surface area contributed by atoms with Gasteiger partial charge in [0, 0.05) is 0 Å². The summed E-state index contributed by atoms with van der Waals surface area (Å²) in [5.41, 5.74) is -0.783. The molecule has 5 heteroatoms. The van der Waals surface area contributed by atoms with Crippen molar-refractivity contribution in [2.75, 3.05) is 0 Å². The summed E-state index contributed by atoms with van der Waals surface area (Å²) in [4.78, 5) is 0. The first-order valence-electron chi connectivity index (χ1n) is 5.79. The molecule has 2 nitrogen and oxygen atoms in total. The van der Waals surface area contributed by atoms with Crippen molar-refractivity contribution < 1.29 is 9.05 Å². The third kappa shape index (κ3) is 4.00. The average molecular weight is 309 g/mol. The molecule has 0 saturated carbocycles. The maximum Gasteiger partial charge on any atom is 0.156 e. The molecule has 0 aliphatic heterocycles. The summed E-state index contributed by atoms with van der Waals surface area (Å²) in [5.74, 6) is 1.38. The van der Waals surface area contributed by atoms with Gasteiger partial charge in [-0.1, -0.05) is 36.4 Å². The Hall–Kier alpha value is -0.960. The standard InChI is InChI=1S/C14H15O2PS2/c1-11-7-3-5-9-13(11)15-17(18,19)16-14-10-6-4-8-12(14)2/h3-10H,1-2H3,(H,18,19)/p-1. The predicted molar refractivity (Wildman–Crippen MR) is 85.3 cm³/mol. The van der Waals surface area contributed by atoms with E-state index in [1.165, 1.54) is 0 Å². The molecule has 0 aliphatic rings. The molecule has 0 unspecified atom stereocenters. The van der Waals surface area contributed by atoms with Crippen LogP contribution in [-0.2, 0) is 24.1 Å². The van der Waals surface area contributed by atoms with Gasteiger partial charge in [-0.25, -0.2) is 0 Å². The summed E-state index contributed by atoms with van der Waals surface area (Å²) in [6.45, 7) is 3.90. The summed E-state index contributed by atoms with van der Waals surface area (Å²) in [6, 6.07) is 15.3. The van der Waals surface area contributed by atoms with Crippen LogP contribution in [-0.4, -0.2) is 0 Å². The molecule has 0 radical (unpaired) electrons. The van der Waals surface area contributed by atoms with Crippen molar-refractivity contribution >= 4 is 29.7 Å². The van der Waals surface area contributed by atoms with Crippen molar-refractivity contribution in [3.63, 3.8) is 0 Å². The van der Waals surface area contributed by atoms with Gasteiger partial charge < -0.3 is 21.3 Å². The van der Waals surface area contributed by atoms with Gasteiger partial charge in [0.05, 0.1) is 0 Å². The maximum absolute atomic E-state index is 5.71. The number of rotatable bonds is 4. The van der Waals surface area contributed by atoms with E-state index in [0.29, 0.717) is 11.5 Å². The van der Waals surface area contributed by atoms with Gasteiger partial charge in [0.1, 0.15) is 11.5 Å². The van der Waals surface area contributed by atoms with Crippen LogP contribution in [0.2, 0.25) is 0 Å². The Kier molecular flexibility index (Phi) is 4.56. The Labute approximate surface area is 124 Å². The largest absolute Gasteiger partial charge is 0.665 e. The summed E-state index contributed by atoms with van der Waals surface area (Å²) < 4.78 is 11.4. The second-order valence-corrected chi connectivity index (χ2v) is 9.00. The zero-order chi connectivity index (χ0) is 13.9. The third-order valence-corrected chi connectivity index (χ3v) is 4.34. The van der Waals surface area contributed by atoms with Crippen LogP contribution >= 0.6 is 5.69 Å². The van der Waals surface area contributed by atoms with Crippen molar-refractivity contribution in [1.82, 2.24) is 0 Å². The van der Waals surface area contributed by atoms with Crippen LogP contribution in [0, 0.1) is 13.8 Å². The van der Waals surface area contributed by atoms with Crippen LogP contribution in [0.5, 0.6) is 11.5 Å². The van der Waals surface area contributed by atoms with E-state index in [1.807, 2.05) is 62.4 Å². The van der Waals surface area contributed by atoms with Crippen molar-refractivity contribution in [1.29, 1.82) is 0 Å². The van der Waals surface area contributed by atoms with Crippen LogP contribution in [0.1, 0.15) is 11.1 Å². The van der Waals surface area contributed by atoms with Crippen LogP contribution in [0.25, 0.3) is 0 Å². The summed E-state index contributed by atoms with van der Waals surface area (Å²) >= 11 is 10.6. The minimum absolute atomic E-state index is 0.689. The molecule has 0 fully saturated rings. The molecule has 0 aliphatic carbocycles. The Morgan fingerprint density at radius 2 is 1.21 bits per heavy atom. The smallest absolute Gasteiger partial charge is 0.156 e. The first-order chi connectivity index (χ1) is 8.98. The molecule has 0 bridgehead atoms. The van der Waals surface area contributed by atoms with E-state index in [2.05, 4.69) is 0 Å². The van der Waals surface area contributed by atoms with Gasteiger partial charge in [0.15, 0.2) is 5.69 Å². The fraction of sp³-hybridized carbons (Fsp3) is 0.143. The maximum atomic E-state index is 5.71. The van der Waals surface area contributed by atoms with Gasteiger partial charge in [-0.2, -0.15) is 0 Å². The van der Waals surface area contributed by atoms with Gasteiger partial charge in [0.25, 0.3) is 0 Å². The molecule has 2 aromatic rings. The number of benzene rings is 2. The topological polar surface area (TPSA) is 18.5 Å². The van der Waals surface area contributed by atoms with Crippen LogP contribution < -0.4 is 9.05 Å². The normalized spacial score (nSPS) is 11.1. The molecule has 100 valence electrons. The number of aryl methyl sites for hydroxylation is 2. The fourth-order valence-electron chi connectivity index (χ4n) is 1.58. The molecule has 2 aromatic carbocycles. The molecular weight excluding hydrogens is 295 g/mol. The van der Waals surface area contributed by atoms with E-state index in [0.717, 1.165) is 11.1 Å². The minimum atomic E-state index is -2.77. The predicted octanol–water partition coefficient (Wildman–Crippen LogP) is 4.53. The lowest BCUT2D eigenvalue weighted by Crippen LogP contribution is -1.99. The second kappa shape index (κ2) is 6.00. The average Bonchev–Trinajstić information content (AvgIpc) is 2.35. The van der Waals surface area contributed by atoms with Crippen molar-refractivity contribution in [3.05, 3.63) is 59.7 Å². The van der Waals surface area contributed by atoms with E-state index in [-0.39, 0.29) is 0 Å². The lowest BCUT2D eigenvalue weighted by atomic mass is 10.2. The number of para-hydroxylation sites is 2. The van der Waals surface area contributed by atoms with Gasteiger partial charge in [-0.15, -0.1) is 0 Å². The number of hydrogen-bond acceptors (Lipinski definition) is 4. The Bertz CT molecular complexity index is 577. The van der Waals surface area contributed by atoms with E-state index >= 15 is 0 Å². The van der Waals surface area contributed by atoms with Crippen molar-refractivity contribution in [2.24, 2.45) is 0 Å². The SMILES string of the molecule is Cc1ccccc1OP(=S)([S-])Oc1ccccc1C. The molecule has 0 N–H and O–H groups in total. The highest BCUT2D eigenvalue weighted by Crippen LogP contribution is 2.47. The van der Waals surface area contributed by atoms with Gasteiger partial charge >= 0.3 is 0 Å².